The number of aryl methyl sites for hydroxylation is 1. The average molecular weight is 354 g/mol. The second-order valence-electron chi connectivity index (χ2n) is 6.28. The summed E-state index contributed by atoms with van der Waals surface area (Å²) in [5.41, 5.74) is 3.29. The first-order chi connectivity index (χ1) is 12.8. The number of aromatic nitrogens is 1. The Balaban J connectivity index is 1.51. The van der Waals surface area contributed by atoms with E-state index in [1.165, 1.54) is 0 Å². The zero-order valence-corrected chi connectivity index (χ0v) is 15.2. The molecule has 2 heterocycles. The number of morpholine rings is 1. The monoisotopic (exact) mass is 354 g/mol. The molecule has 138 valence electrons. The van der Waals surface area contributed by atoms with Gasteiger partial charge in [0.25, 0.3) is 5.91 Å². The van der Waals surface area contributed by atoms with E-state index in [4.69, 9.17) is 4.74 Å². The van der Waals surface area contributed by atoms with Gasteiger partial charge in [-0.1, -0.05) is 25.1 Å². The Labute approximate surface area is 154 Å². The minimum atomic E-state index is -0.189. The Morgan fingerprint density at radius 1 is 1.19 bits per heavy atom. The zero-order chi connectivity index (χ0) is 18.2. The van der Waals surface area contributed by atoms with E-state index in [0.29, 0.717) is 5.69 Å². The van der Waals surface area contributed by atoms with Crippen molar-refractivity contribution in [3.05, 3.63) is 53.9 Å². The minimum Gasteiger partial charge on any atom is -0.383 e. The first kappa shape index (κ1) is 18.4. The second-order valence-corrected chi connectivity index (χ2v) is 6.28. The molecule has 26 heavy (non-hydrogen) atoms. The molecule has 0 radical (unpaired) electrons. The highest BCUT2D eigenvalue weighted by Gasteiger charge is 2.11. The van der Waals surface area contributed by atoms with Crippen LogP contribution in [0.3, 0.4) is 0 Å². The van der Waals surface area contributed by atoms with Crippen molar-refractivity contribution < 1.29 is 9.53 Å². The third-order valence-electron chi connectivity index (χ3n) is 4.50. The number of ether oxygens (including phenoxy) is 1. The molecule has 1 aromatic heterocycles. The van der Waals surface area contributed by atoms with Gasteiger partial charge in [-0.05, 0) is 30.2 Å². The van der Waals surface area contributed by atoms with Crippen molar-refractivity contribution in [1.29, 1.82) is 0 Å². The standard InChI is InChI=1S/C20H26N4O2/c1-2-16-5-3-4-6-18(16)23-20(25)19-8-7-17(15-22-19)21-9-10-24-11-13-26-14-12-24/h3-8,15,21H,2,9-14H2,1H3,(H,23,25). The SMILES string of the molecule is CCc1ccccc1NC(=O)c1ccc(NCCN2CCOCC2)cn1. The van der Waals surface area contributed by atoms with Crippen molar-refractivity contribution in [3.8, 4) is 0 Å². The van der Waals surface area contributed by atoms with Crippen molar-refractivity contribution >= 4 is 17.3 Å². The summed E-state index contributed by atoms with van der Waals surface area (Å²) in [5.74, 6) is -0.189. The van der Waals surface area contributed by atoms with Crippen molar-refractivity contribution in [2.75, 3.05) is 50.0 Å². The number of nitrogens with one attached hydrogen (secondary N) is 2. The fourth-order valence-electron chi connectivity index (χ4n) is 2.95. The van der Waals surface area contributed by atoms with Crippen LogP contribution < -0.4 is 10.6 Å². The topological polar surface area (TPSA) is 66.5 Å². The van der Waals surface area contributed by atoms with Gasteiger partial charge in [-0.2, -0.15) is 0 Å². The van der Waals surface area contributed by atoms with E-state index in [-0.39, 0.29) is 5.91 Å². The summed E-state index contributed by atoms with van der Waals surface area (Å²) in [4.78, 5) is 19.1. The molecule has 1 aliphatic rings. The number of hydrogen-bond donors (Lipinski definition) is 2. The number of pyridine rings is 1. The smallest absolute Gasteiger partial charge is 0.274 e. The number of benzene rings is 1. The number of para-hydroxylation sites is 1. The van der Waals surface area contributed by atoms with Gasteiger partial charge in [0.2, 0.25) is 0 Å². The largest absolute Gasteiger partial charge is 0.383 e. The van der Waals surface area contributed by atoms with Crippen LogP contribution in [0.25, 0.3) is 0 Å². The lowest BCUT2D eigenvalue weighted by Crippen LogP contribution is -2.39. The van der Waals surface area contributed by atoms with Gasteiger partial charge in [-0.15, -0.1) is 0 Å². The molecule has 6 heteroatoms. The highest BCUT2D eigenvalue weighted by Crippen LogP contribution is 2.16. The van der Waals surface area contributed by atoms with Crippen LogP contribution in [0.2, 0.25) is 0 Å². The van der Waals surface area contributed by atoms with Crippen LogP contribution in [0.4, 0.5) is 11.4 Å². The van der Waals surface area contributed by atoms with Gasteiger partial charge < -0.3 is 15.4 Å². The van der Waals surface area contributed by atoms with Crippen LogP contribution in [-0.4, -0.2) is 55.2 Å². The van der Waals surface area contributed by atoms with E-state index < -0.39 is 0 Å². The fourth-order valence-corrected chi connectivity index (χ4v) is 2.95. The van der Waals surface area contributed by atoms with E-state index >= 15 is 0 Å². The van der Waals surface area contributed by atoms with Gasteiger partial charge in [0, 0.05) is 31.9 Å². The van der Waals surface area contributed by atoms with Gasteiger partial charge in [0.05, 0.1) is 25.1 Å². The number of nitrogens with zero attached hydrogens (tertiary/aromatic N) is 2. The number of carbonyl (C=O) groups is 1. The summed E-state index contributed by atoms with van der Waals surface area (Å²) in [6.45, 7) is 7.48. The normalized spacial score (nSPS) is 14.8. The molecule has 0 atom stereocenters. The van der Waals surface area contributed by atoms with E-state index in [2.05, 4.69) is 27.4 Å². The summed E-state index contributed by atoms with van der Waals surface area (Å²) in [7, 11) is 0. The molecule has 1 saturated heterocycles. The Hall–Kier alpha value is -2.44. The Morgan fingerprint density at radius 3 is 2.73 bits per heavy atom. The molecule has 1 aromatic carbocycles. The first-order valence-electron chi connectivity index (χ1n) is 9.15. The molecule has 6 nitrogen and oxygen atoms in total. The third-order valence-corrected chi connectivity index (χ3v) is 4.50. The Morgan fingerprint density at radius 2 is 2.00 bits per heavy atom. The zero-order valence-electron chi connectivity index (χ0n) is 15.2. The highest BCUT2D eigenvalue weighted by molar-refractivity contribution is 6.03. The number of hydrogen-bond acceptors (Lipinski definition) is 5. The molecule has 1 aliphatic heterocycles. The lowest BCUT2D eigenvalue weighted by molar-refractivity contribution is 0.0398. The highest BCUT2D eigenvalue weighted by atomic mass is 16.5. The average Bonchev–Trinajstić information content (AvgIpc) is 2.70. The van der Waals surface area contributed by atoms with Crippen molar-refractivity contribution in [1.82, 2.24) is 9.88 Å². The molecule has 0 unspecified atom stereocenters. The van der Waals surface area contributed by atoms with Gasteiger partial charge in [0.1, 0.15) is 5.69 Å². The van der Waals surface area contributed by atoms with Crippen molar-refractivity contribution in [2.24, 2.45) is 0 Å². The Bertz CT molecular complexity index is 712. The number of carbonyl (C=O) groups excluding carboxylic acids is 1. The van der Waals surface area contributed by atoms with Crippen LogP contribution in [0.15, 0.2) is 42.6 Å². The van der Waals surface area contributed by atoms with E-state index in [1.54, 1.807) is 12.3 Å². The molecule has 0 aliphatic carbocycles. The fraction of sp³-hybridized carbons (Fsp3) is 0.400. The van der Waals surface area contributed by atoms with Crippen LogP contribution in [0.1, 0.15) is 23.0 Å². The lowest BCUT2D eigenvalue weighted by atomic mass is 10.1. The predicted molar refractivity (Wildman–Crippen MR) is 104 cm³/mol. The van der Waals surface area contributed by atoms with Gasteiger partial charge in [-0.25, -0.2) is 4.98 Å². The number of anilines is 2. The van der Waals surface area contributed by atoms with Crippen molar-refractivity contribution in [2.45, 2.75) is 13.3 Å². The Kier molecular flexibility index (Phi) is 6.57. The van der Waals surface area contributed by atoms with Gasteiger partial charge in [-0.3, -0.25) is 9.69 Å². The van der Waals surface area contributed by atoms with E-state index in [0.717, 1.165) is 62.8 Å². The molecular weight excluding hydrogens is 328 g/mol. The summed E-state index contributed by atoms with van der Waals surface area (Å²) < 4.78 is 5.35. The second kappa shape index (κ2) is 9.31. The maximum absolute atomic E-state index is 12.4. The summed E-state index contributed by atoms with van der Waals surface area (Å²) in [5, 5.41) is 6.29. The molecule has 2 N–H and O–H groups in total. The van der Waals surface area contributed by atoms with E-state index in [9.17, 15) is 4.79 Å². The van der Waals surface area contributed by atoms with Crippen LogP contribution in [-0.2, 0) is 11.2 Å². The van der Waals surface area contributed by atoms with Crippen LogP contribution >= 0.6 is 0 Å². The third kappa shape index (κ3) is 5.03. The molecule has 0 saturated carbocycles. The minimum absolute atomic E-state index is 0.189. The first-order valence-corrected chi connectivity index (χ1v) is 9.15. The maximum Gasteiger partial charge on any atom is 0.274 e. The number of rotatable bonds is 7. The van der Waals surface area contributed by atoms with Crippen molar-refractivity contribution in [3.63, 3.8) is 0 Å². The maximum atomic E-state index is 12.4. The van der Waals surface area contributed by atoms with Gasteiger partial charge in [0.15, 0.2) is 0 Å². The molecular formula is C20H26N4O2. The van der Waals surface area contributed by atoms with E-state index in [1.807, 2.05) is 30.3 Å². The molecule has 3 rings (SSSR count). The van der Waals surface area contributed by atoms with Crippen LogP contribution in [0, 0.1) is 0 Å². The molecule has 1 amide bonds. The van der Waals surface area contributed by atoms with Gasteiger partial charge >= 0.3 is 0 Å². The summed E-state index contributed by atoms with van der Waals surface area (Å²) in [6, 6.07) is 11.5. The summed E-state index contributed by atoms with van der Waals surface area (Å²) >= 11 is 0. The van der Waals surface area contributed by atoms with Crippen LogP contribution in [0.5, 0.6) is 0 Å². The predicted octanol–water partition coefficient (Wildman–Crippen LogP) is 2.64. The lowest BCUT2D eigenvalue weighted by Gasteiger charge is -2.26. The molecule has 1 fully saturated rings. The number of amides is 1. The quantitative estimate of drug-likeness (QED) is 0.800. The summed E-state index contributed by atoms with van der Waals surface area (Å²) in [6.07, 6.45) is 2.58. The molecule has 0 spiro atoms. The molecule has 2 aromatic rings. The molecule has 0 bridgehead atoms.